The number of imidazole rings is 1. The van der Waals surface area contributed by atoms with E-state index in [1.54, 1.807) is 41.6 Å². The number of rotatable bonds is 3. The van der Waals surface area contributed by atoms with Gasteiger partial charge in [0, 0.05) is 122 Å². The van der Waals surface area contributed by atoms with E-state index in [0.717, 1.165) is 6.42 Å². The molecule has 0 aliphatic carbocycles. The Bertz CT molecular complexity index is 850. The molecule has 0 atom stereocenters. The maximum atomic E-state index is 11.0. The summed E-state index contributed by atoms with van der Waals surface area (Å²) in [5.74, 6) is 0.265. The Labute approximate surface area is 240 Å². The Balaban J connectivity index is -0.0000000735. The summed E-state index contributed by atoms with van der Waals surface area (Å²) in [6.45, 7) is 2.85. The van der Waals surface area contributed by atoms with Crippen LogP contribution >= 0.6 is 0 Å². The molecule has 0 fully saturated rings. The second kappa shape index (κ2) is 25.4. The summed E-state index contributed by atoms with van der Waals surface area (Å²) in [4.78, 5) is 45.4. The molecule has 170 valence electrons. The topological polar surface area (TPSA) is 133 Å². The predicted octanol–water partition coefficient (Wildman–Crippen LogP) is 2.23. The SMILES string of the molecule is C.C.CC(=O)[CH-]C=O.CC(=O)c1cnc2cnccn12.Nc1cnccn1.[W].[W].[W].[W]. The summed E-state index contributed by atoms with van der Waals surface area (Å²) >= 11 is 0. The van der Waals surface area contributed by atoms with Gasteiger partial charge in [0.05, 0.1) is 18.6 Å². The first-order valence-electron chi connectivity index (χ1n) is 7.04. The molecule has 3 aromatic heterocycles. The van der Waals surface area contributed by atoms with E-state index in [-0.39, 0.29) is 111 Å². The van der Waals surface area contributed by atoms with Crippen molar-refractivity contribution in [1.29, 1.82) is 0 Å². The minimum absolute atomic E-state index is 0. The van der Waals surface area contributed by atoms with Gasteiger partial charge in [0.25, 0.3) is 0 Å². The van der Waals surface area contributed by atoms with Crippen LogP contribution in [0.5, 0.6) is 0 Å². The van der Waals surface area contributed by atoms with E-state index >= 15 is 0 Å². The second-order valence-corrected chi connectivity index (χ2v) is 4.55. The summed E-state index contributed by atoms with van der Waals surface area (Å²) in [6, 6.07) is 0. The average Bonchev–Trinajstić information content (AvgIpc) is 3.01. The smallest absolute Gasteiger partial charge is 0.178 e. The number of fused-ring (bicyclic) bond motifs is 1. The van der Waals surface area contributed by atoms with Crippen LogP contribution in [0.2, 0.25) is 0 Å². The molecule has 0 amide bonds. The molecule has 13 heteroatoms. The Morgan fingerprint density at radius 1 is 0.935 bits per heavy atom. The molecule has 0 aromatic carbocycles. The molecule has 0 aliphatic heterocycles. The quantitative estimate of drug-likeness (QED) is 0.183. The number of aldehydes is 1. The van der Waals surface area contributed by atoms with Crippen molar-refractivity contribution in [1.82, 2.24) is 24.3 Å². The zero-order valence-electron chi connectivity index (χ0n) is 15.4. The van der Waals surface area contributed by atoms with Crippen molar-refractivity contribution in [3.63, 3.8) is 0 Å². The first-order valence-corrected chi connectivity index (χ1v) is 7.04. The number of nitrogens with zero attached hydrogens (tertiary/aromatic N) is 5. The zero-order valence-corrected chi connectivity index (χ0v) is 27.1. The van der Waals surface area contributed by atoms with E-state index in [2.05, 4.69) is 19.9 Å². The van der Waals surface area contributed by atoms with Crippen molar-refractivity contribution in [2.45, 2.75) is 28.7 Å². The normalized spacial score (nSPS) is 7.29. The van der Waals surface area contributed by atoms with E-state index in [4.69, 9.17) is 5.73 Å². The van der Waals surface area contributed by atoms with Crippen LogP contribution in [0.25, 0.3) is 5.65 Å². The minimum Gasteiger partial charge on any atom is -0.382 e. The fourth-order valence-corrected chi connectivity index (χ4v) is 1.51. The summed E-state index contributed by atoms with van der Waals surface area (Å²) in [6.07, 6.45) is 12.6. The number of hydrogen-bond acceptors (Lipinski definition) is 8. The number of aromatic nitrogens is 5. The molecule has 3 heterocycles. The average molecular weight is 1110 g/mol. The minimum atomic E-state index is -0.204. The third-order valence-electron chi connectivity index (χ3n) is 2.56. The van der Waals surface area contributed by atoms with Crippen molar-refractivity contribution in [3.8, 4) is 0 Å². The van der Waals surface area contributed by atoms with Gasteiger partial charge in [-0.05, 0) is 13.2 Å². The molecule has 0 saturated carbocycles. The number of nitrogen functional groups attached to an aromatic ring is 1. The number of carbonyl (C=O) groups is 3. The van der Waals surface area contributed by atoms with Gasteiger partial charge in [-0.25, -0.2) is 9.97 Å². The van der Waals surface area contributed by atoms with Crippen molar-refractivity contribution in [2.24, 2.45) is 0 Å². The zero-order chi connectivity index (χ0) is 18.7. The standard InChI is InChI=1S/C8H7N3O.C4H5N3.C4H5O2.2CH4.4W/c1-6(12)7-4-10-8-5-9-2-3-11(7)8;5-4-3-6-1-2-7-4;1-4(6)2-3-5;;;;;;/h2-5H,1H3;1-3H,(H2,5,7);2-3H,1H3;2*1H4;;;;/q;;-1;;;;;;. The molecule has 0 spiro atoms. The van der Waals surface area contributed by atoms with Gasteiger partial charge in [-0.2, -0.15) is 0 Å². The Kier molecular flexibility index (Phi) is 36.0. The predicted molar refractivity (Wildman–Crippen MR) is 104 cm³/mol. The van der Waals surface area contributed by atoms with Crippen molar-refractivity contribution in [2.75, 3.05) is 5.73 Å². The van der Waals surface area contributed by atoms with Crippen LogP contribution in [0.3, 0.4) is 0 Å². The third kappa shape index (κ3) is 18.4. The number of ketones is 2. The van der Waals surface area contributed by atoms with E-state index in [9.17, 15) is 14.4 Å². The van der Waals surface area contributed by atoms with Crippen LogP contribution in [-0.2, 0) is 93.9 Å². The molecular weight excluding hydrogens is 1080 g/mol. The summed E-state index contributed by atoms with van der Waals surface area (Å²) in [5, 5.41) is 0. The molecule has 0 bridgehead atoms. The van der Waals surface area contributed by atoms with E-state index in [1.165, 1.54) is 20.0 Å². The first kappa shape index (κ1) is 43.9. The molecular formula is C18H25N6O3W4-. The van der Waals surface area contributed by atoms with E-state index < -0.39 is 0 Å². The molecule has 3 aromatic rings. The molecule has 0 saturated heterocycles. The molecule has 3 rings (SSSR count). The van der Waals surface area contributed by atoms with E-state index in [1.807, 2.05) is 0 Å². The molecule has 0 unspecified atom stereocenters. The summed E-state index contributed by atoms with van der Waals surface area (Å²) in [5.41, 5.74) is 6.47. The number of hydrogen-bond donors (Lipinski definition) is 1. The van der Waals surface area contributed by atoms with Gasteiger partial charge >= 0.3 is 0 Å². The Morgan fingerprint density at radius 2 is 1.52 bits per heavy atom. The van der Waals surface area contributed by atoms with Gasteiger partial charge in [0.1, 0.15) is 11.5 Å². The second-order valence-electron chi connectivity index (χ2n) is 4.55. The summed E-state index contributed by atoms with van der Waals surface area (Å²) < 4.78 is 1.72. The van der Waals surface area contributed by atoms with Crippen LogP contribution in [0.4, 0.5) is 5.82 Å². The molecule has 9 nitrogen and oxygen atoms in total. The molecule has 2 N–H and O–H groups in total. The fourth-order valence-electron chi connectivity index (χ4n) is 1.51. The third-order valence-corrected chi connectivity index (χ3v) is 2.56. The van der Waals surface area contributed by atoms with Crippen LogP contribution in [-0.4, -0.2) is 42.2 Å². The number of carbonyl (C=O) groups excluding carboxylic acids is 3. The Hall–Kier alpha value is -0.867. The maximum Gasteiger partial charge on any atom is 0.178 e. The molecule has 0 radical (unpaired) electrons. The van der Waals surface area contributed by atoms with Crippen molar-refractivity contribution < 1.29 is 98.6 Å². The van der Waals surface area contributed by atoms with Crippen molar-refractivity contribution >= 4 is 29.3 Å². The van der Waals surface area contributed by atoms with Gasteiger partial charge in [0.2, 0.25) is 0 Å². The van der Waals surface area contributed by atoms with Crippen LogP contribution in [0.1, 0.15) is 39.2 Å². The van der Waals surface area contributed by atoms with Crippen LogP contribution in [0, 0.1) is 6.42 Å². The van der Waals surface area contributed by atoms with Gasteiger partial charge in [-0.15, -0.1) is 0 Å². The van der Waals surface area contributed by atoms with Gasteiger partial charge in [-0.1, -0.05) is 14.9 Å². The van der Waals surface area contributed by atoms with E-state index in [0.29, 0.717) is 23.4 Å². The van der Waals surface area contributed by atoms with Gasteiger partial charge < -0.3 is 15.3 Å². The van der Waals surface area contributed by atoms with Crippen LogP contribution in [0.15, 0.2) is 43.4 Å². The monoisotopic (exact) mass is 1110 g/mol. The fraction of sp³-hybridized carbons (Fsp3) is 0.222. The van der Waals surface area contributed by atoms with Gasteiger partial charge in [0.15, 0.2) is 11.4 Å². The molecule has 0 aliphatic rings. The van der Waals surface area contributed by atoms with Gasteiger partial charge in [-0.3, -0.25) is 25.6 Å². The van der Waals surface area contributed by atoms with Crippen molar-refractivity contribution in [3.05, 3.63) is 55.5 Å². The molecule has 31 heavy (non-hydrogen) atoms. The first-order chi connectivity index (χ1) is 12.0. The Morgan fingerprint density at radius 3 is 1.87 bits per heavy atom. The number of anilines is 1. The maximum absolute atomic E-state index is 11.0. The number of Topliss-reactive ketones (excluding diaryl/α,β-unsaturated/α-hetero) is 2. The van der Waals surface area contributed by atoms with Crippen LogP contribution < -0.4 is 5.73 Å². The largest absolute Gasteiger partial charge is 0.382 e. The number of nitrogens with two attached hydrogens (primary N) is 1. The summed E-state index contributed by atoms with van der Waals surface area (Å²) in [7, 11) is 0.